The van der Waals surface area contributed by atoms with Crippen molar-refractivity contribution in [2.75, 3.05) is 0 Å². The first-order valence-corrected chi connectivity index (χ1v) is 8.99. The van der Waals surface area contributed by atoms with Crippen LogP contribution in [-0.2, 0) is 6.54 Å². The van der Waals surface area contributed by atoms with E-state index in [0.717, 1.165) is 25.8 Å². The molecule has 1 N–H and O–H groups in total. The van der Waals surface area contributed by atoms with Gasteiger partial charge in [-0.2, -0.15) is 19.3 Å². The van der Waals surface area contributed by atoms with Crippen molar-refractivity contribution < 1.29 is 0 Å². The molecule has 0 atom stereocenters. The largest absolute Gasteiger partial charge is 0.342 e. The van der Waals surface area contributed by atoms with Crippen LogP contribution in [0.4, 0.5) is 0 Å². The predicted molar refractivity (Wildman–Crippen MR) is 110 cm³/mol. The van der Waals surface area contributed by atoms with Crippen molar-refractivity contribution >= 4 is 32.3 Å². The third-order valence-corrected chi connectivity index (χ3v) is 5.71. The number of hydrogen-bond acceptors (Lipinski definition) is 1. The van der Waals surface area contributed by atoms with Gasteiger partial charge in [-0.3, -0.25) is 0 Å². The van der Waals surface area contributed by atoms with Crippen LogP contribution in [0, 0.1) is 20.8 Å². The highest BCUT2D eigenvalue weighted by molar-refractivity contribution is 6.23. The average molecular weight is 326 g/mol. The van der Waals surface area contributed by atoms with Crippen LogP contribution in [0.25, 0.3) is 32.3 Å². The molecule has 0 bridgehead atoms. The summed E-state index contributed by atoms with van der Waals surface area (Å²) >= 11 is 0. The third kappa shape index (κ3) is 2.58. The summed E-state index contributed by atoms with van der Waals surface area (Å²) in [6.07, 6.45) is 2.39. The molecule has 0 heterocycles. The fourth-order valence-electron chi connectivity index (χ4n) is 3.87. The van der Waals surface area contributed by atoms with Crippen molar-refractivity contribution in [2.24, 2.45) is 0 Å². The van der Waals surface area contributed by atoms with Crippen molar-refractivity contribution in [3.63, 3.8) is 0 Å². The lowest BCUT2D eigenvalue weighted by atomic mass is 9.88. The van der Waals surface area contributed by atoms with Gasteiger partial charge in [0.05, 0.1) is 0 Å². The van der Waals surface area contributed by atoms with Gasteiger partial charge < -0.3 is 26.1 Å². The quantitative estimate of drug-likeness (QED) is 0.334. The minimum atomic E-state index is -0.0794. The van der Waals surface area contributed by atoms with Gasteiger partial charge in [0.25, 0.3) is 0 Å². The van der Waals surface area contributed by atoms with Gasteiger partial charge in [-0.1, -0.05) is 60.1 Å². The SMILES string of the molecule is [CH2-]CC(C[CH2-])(C[CH2-])NCc1ccc2ccc3cccc4ccc1c2c34. The molecule has 4 rings (SSSR count). The predicted octanol–water partition coefficient (Wildman–Crippen LogP) is 6.08. The molecule has 0 unspecified atom stereocenters. The van der Waals surface area contributed by atoms with E-state index >= 15 is 0 Å². The van der Waals surface area contributed by atoms with Gasteiger partial charge in [-0.25, -0.2) is 0 Å². The maximum absolute atomic E-state index is 4.10. The molecular formula is C24H24N-3. The number of hydrogen-bond donors (Lipinski definition) is 1. The first-order valence-electron chi connectivity index (χ1n) is 8.99. The van der Waals surface area contributed by atoms with Crippen molar-refractivity contribution in [1.82, 2.24) is 5.32 Å². The molecule has 4 aromatic rings. The maximum atomic E-state index is 4.10. The molecule has 0 saturated carbocycles. The van der Waals surface area contributed by atoms with Gasteiger partial charge in [0.15, 0.2) is 0 Å². The summed E-state index contributed by atoms with van der Waals surface area (Å²) < 4.78 is 0. The zero-order valence-electron chi connectivity index (χ0n) is 14.6. The summed E-state index contributed by atoms with van der Waals surface area (Å²) in [5, 5.41) is 11.7. The minimum absolute atomic E-state index is 0.0794. The summed E-state index contributed by atoms with van der Waals surface area (Å²) in [5.74, 6) is 0. The molecule has 0 aromatic heterocycles. The normalized spacial score (nSPS) is 12.6. The van der Waals surface area contributed by atoms with Crippen LogP contribution < -0.4 is 5.32 Å². The molecule has 0 fully saturated rings. The molecule has 1 nitrogen and oxygen atoms in total. The summed E-state index contributed by atoms with van der Waals surface area (Å²) in [4.78, 5) is 0. The second-order valence-corrected chi connectivity index (χ2v) is 6.96. The topological polar surface area (TPSA) is 12.0 Å². The van der Waals surface area contributed by atoms with Crippen molar-refractivity contribution in [3.8, 4) is 0 Å². The van der Waals surface area contributed by atoms with Gasteiger partial charge in [-0.15, -0.1) is 0 Å². The molecule has 0 spiro atoms. The van der Waals surface area contributed by atoms with Gasteiger partial charge in [0, 0.05) is 6.54 Å². The van der Waals surface area contributed by atoms with E-state index in [4.69, 9.17) is 0 Å². The van der Waals surface area contributed by atoms with E-state index in [0.29, 0.717) is 0 Å². The Balaban J connectivity index is 1.85. The van der Waals surface area contributed by atoms with E-state index in [2.05, 4.69) is 80.7 Å². The maximum Gasteiger partial charge on any atom is 0.0213 e. The van der Waals surface area contributed by atoms with Gasteiger partial charge in [0.1, 0.15) is 0 Å². The highest BCUT2D eigenvalue weighted by Gasteiger charge is 2.15. The summed E-state index contributed by atoms with van der Waals surface area (Å²) in [6.45, 7) is 13.1. The van der Waals surface area contributed by atoms with E-state index < -0.39 is 0 Å². The van der Waals surface area contributed by atoms with E-state index in [-0.39, 0.29) is 5.54 Å². The van der Waals surface area contributed by atoms with E-state index in [1.165, 1.54) is 37.9 Å². The number of rotatable bonds is 6. The second kappa shape index (κ2) is 6.31. The Morgan fingerprint density at radius 3 is 1.88 bits per heavy atom. The molecule has 0 amide bonds. The second-order valence-electron chi connectivity index (χ2n) is 6.96. The zero-order valence-corrected chi connectivity index (χ0v) is 14.6. The van der Waals surface area contributed by atoms with E-state index in [9.17, 15) is 0 Å². The Hall–Kier alpha value is -2.12. The Kier molecular flexibility index (Phi) is 4.13. The van der Waals surface area contributed by atoms with Crippen LogP contribution in [0.3, 0.4) is 0 Å². The molecule has 0 saturated heterocycles. The van der Waals surface area contributed by atoms with E-state index in [1.807, 2.05) is 0 Å². The third-order valence-electron chi connectivity index (χ3n) is 5.71. The lowest BCUT2D eigenvalue weighted by molar-refractivity contribution is 0.326. The molecule has 0 aliphatic carbocycles. The van der Waals surface area contributed by atoms with Crippen molar-refractivity contribution in [3.05, 3.63) is 80.9 Å². The van der Waals surface area contributed by atoms with Crippen LogP contribution in [0.5, 0.6) is 0 Å². The summed E-state index contributed by atoms with van der Waals surface area (Å²) in [5.41, 5.74) is 1.25. The van der Waals surface area contributed by atoms with Crippen LogP contribution in [0.15, 0.2) is 54.6 Å². The molecule has 1 heteroatoms. The summed E-state index contributed by atoms with van der Waals surface area (Å²) in [6, 6.07) is 20.0. The molecule has 25 heavy (non-hydrogen) atoms. The van der Waals surface area contributed by atoms with Crippen LogP contribution in [-0.4, -0.2) is 5.54 Å². The fraction of sp³-hybridized carbons (Fsp3) is 0.208. The number of nitrogens with one attached hydrogen (secondary N) is 1. The number of benzene rings is 4. The Morgan fingerprint density at radius 2 is 1.24 bits per heavy atom. The molecule has 0 aliphatic heterocycles. The molecular weight excluding hydrogens is 302 g/mol. The van der Waals surface area contributed by atoms with Crippen LogP contribution in [0.2, 0.25) is 0 Å². The Bertz CT molecular complexity index is 987. The van der Waals surface area contributed by atoms with E-state index in [1.54, 1.807) is 0 Å². The highest BCUT2D eigenvalue weighted by atomic mass is 15.0. The molecule has 0 radical (unpaired) electrons. The standard InChI is InChI=1S/C24H24N/c1-4-24(5-2,6-3)25-16-20-13-12-19-11-10-17-8-7-9-18-14-15-21(20)23(19)22(17)18/h7-15,25H,1-6,16H2/q-3. The zero-order chi connectivity index (χ0) is 17.4. The monoisotopic (exact) mass is 326 g/mol. The highest BCUT2D eigenvalue weighted by Crippen LogP contribution is 2.36. The average Bonchev–Trinajstić information content (AvgIpc) is 2.68. The molecule has 0 aliphatic rings. The Labute approximate surface area is 150 Å². The smallest absolute Gasteiger partial charge is 0.0213 e. The lowest BCUT2D eigenvalue weighted by Crippen LogP contribution is -2.43. The molecule has 4 aromatic carbocycles. The Morgan fingerprint density at radius 1 is 0.680 bits per heavy atom. The van der Waals surface area contributed by atoms with Gasteiger partial charge in [0.2, 0.25) is 0 Å². The van der Waals surface area contributed by atoms with Gasteiger partial charge >= 0.3 is 0 Å². The van der Waals surface area contributed by atoms with Gasteiger partial charge in [-0.05, 0) is 37.9 Å². The van der Waals surface area contributed by atoms with Crippen molar-refractivity contribution in [2.45, 2.75) is 31.3 Å². The first kappa shape index (κ1) is 16.4. The van der Waals surface area contributed by atoms with Crippen molar-refractivity contribution in [1.29, 1.82) is 0 Å². The minimum Gasteiger partial charge on any atom is -0.342 e. The molecule has 128 valence electrons. The first-order chi connectivity index (χ1) is 12.2. The van der Waals surface area contributed by atoms with Crippen LogP contribution in [0.1, 0.15) is 24.8 Å². The lowest BCUT2D eigenvalue weighted by Gasteiger charge is -2.41. The van der Waals surface area contributed by atoms with Crippen LogP contribution >= 0.6 is 0 Å². The summed E-state index contributed by atoms with van der Waals surface area (Å²) in [7, 11) is 0. The fourth-order valence-corrected chi connectivity index (χ4v) is 3.87.